The second kappa shape index (κ2) is 8.48. The Hall–Kier alpha value is -2.86. The molecule has 30 heavy (non-hydrogen) atoms. The van der Waals surface area contributed by atoms with E-state index in [0.717, 1.165) is 16.9 Å². The van der Waals surface area contributed by atoms with Crippen molar-refractivity contribution in [3.05, 3.63) is 87.6 Å². The summed E-state index contributed by atoms with van der Waals surface area (Å²) < 4.78 is 15.6. The van der Waals surface area contributed by atoms with Gasteiger partial charge in [0.2, 0.25) is 0 Å². The monoisotopic (exact) mass is 422 g/mol. The number of benzene rings is 2. The fraction of sp³-hybridized carbons (Fsp3) is 0.250. The molecule has 0 amide bonds. The van der Waals surface area contributed by atoms with Gasteiger partial charge in [0, 0.05) is 16.7 Å². The molecule has 4 nitrogen and oxygen atoms in total. The molecule has 1 atom stereocenters. The van der Waals surface area contributed by atoms with Gasteiger partial charge in [-0.2, -0.15) is 0 Å². The number of aromatic nitrogens is 2. The highest BCUT2D eigenvalue weighted by Crippen LogP contribution is 2.39. The van der Waals surface area contributed by atoms with E-state index in [2.05, 4.69) is 18.0 Å². The van der Waals surface area contributed by atoms with Crippen LogP contribution in [-0.4, -0.2) is 19.9 Å². The molecule has 2 aromatic carbocycles. The summed E-state index contributed by atoms with van der Waals surface area (Å²) in [5.41, 5.74) is 2.32. The van der Waals surface area contributed by atoms with E-state index in [1.54, 1.807) is 29.3 Å². The molecular weight excluding hydrogens is 399 g/mol. The first kappa shape index (κ1) is 20.4. The van der Waals surface area contributed by atoms with Crippen LogP contribution in [0.3, 0.4) is 0 Å². The number of aryl methyl sites for hydroxylation is 2. The zero-order chi connectivity index (χ0) is 21.3. The van der Waals surface area contributed by atoms with Gasteiger partial charge in [0.25, 0.3) is 5.56 Å². The molecule has 0 radical (unpaired) electrons. The fourth-order valence-corrected chi connectivity index (χ4v) is 4.86. The van der Waals surface area contributed by atoms with Crippen molar-refractivity contribution >= 4 is 16.7 Å². The minimum Gasteiger partial charge on any atom is -0.504 e. The zero-order valence-electron chi connectivity index (χ0n) is 16.9. The molecule has 2 heterocycles. The minimum atomic E-state index is -0.735. The van der Waals surface area contributed by atoms with Crippen LogP contribution in [0, 0.1) is 12.7 Å². The lowest BCUT2D eigenvalue weighted by molar-refractivity contribution is 0.433. The maximum absolute atomic E-state index is 14.0. The first-order valence-electron chi connectivity index (χ1n) is 9.96. The Labute approximate surface area is 179 Å². The van der Waals surface area contributed by atoms with Crippen LogP contribution in [0.15, 0.2) is 59.4 Å². The standard InChI is InChI=1S/C24H23FN2O2S/c1-15-11-12-20(30-15)21-16(2)26-23(18-9-6-10-19(25)22(18)28)27(24(21)29)14-13-17-7-4-3-5-8-17/h3-10,12,15,28H,11,13-14H2,1-2H3. The molecule has 154 valence electrons. The Kier molecular flexibility index (Phi) is 5.77. The average Bonchev–Trinajstić information content (AvgIpc) is 3.15. The van der Waals surface area contributed by atoms with Crippen molar-refractivity contribution in [2.75, 3.05) is 0 Å². The van der Waals surface area contributed by atoms with Gasteiger partial charge in [0.1, 0.15) is 5.82 Å². The van der Waals surface area contributed by atoms with Crippen molar-refractivity contribution in [2.45, 2.75) is 38.5 Å². The molecule has 0 saturated heterocycles. The van der Waals surface area contributed by atoms with Gasteiger partial charge in [-0.3, -0.25) is 9.36 Å². The molecule has 0 bridgehead atoms. The molecule has 0 saturated carbocycles. The highest BCUT2D eigenvalue weighted by molar-refractivity contribution is 8.09. The van der Waals surface area contributed by atoms with Gasteiger partial charge in [-0.05, 0) is 37.5 Å². The lowest BCUT2D eigenvalue weighted by Gasteiger charge is -2.17. The Bertz CT molecular complexity index is 1170. The molecule has 1 aliphatic rings. The Morgan fingerprint density at radius 3 is 2.67 bits per heavy atom. The SMILES string of the molecule is Cc1nc(-c2cccc(F)c2O)n(CCc2ccccc2)c(=O)c1C1=CCC(C)S1. The Balaban J connectivity index is 1.86. The average molecular weight is 423 g/mol. The van der Waals surface area contributed by atoms with Gasteiger partial charge in [0.05, 0.1) is 16.8 Å². The molecule has 4 rings (SSSR count). The second-order valence-corrected chi connectivity index (χ2v) is 8.94. The molecule has 6 heteroatoms. The summed E-state index contributed by atoms with van der Waals surface area (Å²) in [6.07, 6.45) is 3.62. The van der Waals surface area contributed by atoms with E-state index >= 15 is 0 Å². The summed E-state index contributed by atoms with van der Waals surface area (Å²) in [7, 11) is 0. The van der Waals surface area contributed by atoms with Gasteiger partial charge < -0.3 is 5.11 Å². The molecule has 1 aromatic heterocycles. The number of phenolic OH excluding ortho intramolecular Hbond substituents is 1. The lowest BCUT2D eigenvalue weighted by Crippen LogP contribution is -2.28. The maximum Gasteiger partial charge on any atom is 0.262 e. The second-order valence-electron chi connectivity index (χ2n) is 7.46. The van der Waals surface area contributed by atoms with E-state index in [0.29, 0.717) is 29.5 Å². The third-order valence-corrected chi connectivity index (χ3v) is 6.47. The summed E-state index contributed by atoms with van der Waals surface area (Å²) in [6, 6.07) is 14.2. The van der Waals surface area contributed by atoms with Crippen molar-refractivity contribution < 1.29 is 9.50 Å². The smallest absolute Gasteiger partial charge is 0.262 e. The van der Waals surface area contributed by atoms with Crippen LogP contribution in [0.1, 0.15) is 30.2 Å². The summed E-state index contributed by atoms with van der Waals surface area (Å²) in [6.45, 7) is 4.30. The summed E-state index contributed by atoms with van der Waals surface area (Å²) in [4.78, 5) is 19.2. The minimum absolute atomic E-state index is 0.162. The predicted octanol–water partition coefficient (Wildman–Crippen LogP) is 5.17. The van der Waals surface area contributed by atoms with Crippen LogP contribution >= 0.6 is 11.8 Å². The Morgan fingerprint density at radius 1 is 1.20 bits per heavy atom. The highest BCUT2D eigenvalue weighted by Gasteiger charge is 2.24. The van der Waals surface area contributed by atoms with E-state index in [-0.39, 0.29) is 16.9 Å². The van der Waals surface area contributed by atoms with Gasteiger partial charge in [-0.25, -0.2) is 9.37 Å². The van der Waals surface area contributed by atoms with Crippen molar-refractivity contribution in [1.82, 2.24) is 9.55 Å². The number of allylic oxidation sites excluding steroid dienone is 1. The molecule has 0 spiro atoms. The number of halogens is 1. The fourth-order valence-electron chi connectivity index (χ4n) is 3.69. The van der Waals surface area contributed by atoms with Crippen molar-refractivity contribution in [1.29, 1.82) is 0 Å². The number of hydrogen-bond acceptors (Lipinski definition) is 4. The number of aromatic hydroxyl groups is 1. The number of para-hydroxylation sites is 1. The third kappa shape index (κ3) is 3.92. The molecule has 1 unspecified atom stereocenters. The van der Waals surface area contributed by atoms with E-state index in [9.17, 15) is 14.3 Å². The van der Waals surface area contributed by atoms with Crippen LogP contribution in [0.4, 0.5) is 4.39 Å². The van der Waals surface area contributed by atoms with Crippen LogP contribution < -0.4 is 5.56 Å². The largest absolute Gasteiger partial charge is 0.504 e. The normalized spacial score (nSPS) is 16.0. The lowest BCUT2D eigenvalue weighted by atomic mass is 10.1. The van der Waals surface area contributed by atoms with Crippen molar-refractivity contribution in [2.24, 2.45) is 0 Å². The zero-order valence-corrected chi connectivity index (χ0v) is 17.7. The van der Waals surface area contributed by atoms with Crippen LogP contribution in [0.5, 0.6) is 5.75 Å². The molecule has 1 N–H and O–H groups in total. The maximum atomic E-state index is 14.0. The first-order chi connectivity index (χ1) is 14.5. The third-order valence-electron chi connectivity index (χ3n) is 5.25. The molecule has 3 aromatic rings. The quantitative estimate of drug-likeness (QED) is 0.616. The first-order valence-corrected chi connectivity index (χ1v) is 10.8. The van der Waals surface area contributed by atoms with E-state index in [4.69, 9.17) is 0 Å². The number of nitrogens with zero attached hydrogens (tertiary/aromatic N) is 2. The predicted molar refractivity (Wildman–Crippen MR) is 120 cm³/mol. The van der Waals surface area contributed by atoms with Gasteiger partial charge >= 0.3 is 0 Å². The Morgan fingerprint density at radius 2 is 1.97 bits per heavy atom. The number of hydrogen-bond donors (Lipinski definition) is 1. The topological polar surface area (TPSA) is 55.1 Å². The van der Waals surface area contributed by atoms with Gasteiger partial charge in [-0.15, -0.1) is 11.8 Å². The number of phenols is 1. The molecule has 0 aliphatic carbocycles. The van der Waals surface area contributed by atoms with Crippen molar-refractivity contribution in [3.63, 3.8) is 0 Å². The molecule has 1 aliphatic heterocycles. The molecule has 0 fully saturated rings. The summed E-state index contributed by atoms with van der Waals surface area (Å²) in [5.74, 6) is -0.945. The number of rotatable bonds is 5. The van der Waals surface area contributed by atoms with Crippen LogP contribution in [0.25, 0.3) is 16.3 Å². The van der Waals surface area contributed by atoms with Crippen molar-refractivity contribution in [3.8, 4) is 17.1 Å². The van der Waals surface area contributed by atoms with E-state index < -0.39 is 11.6 Å². The van der Waals surface area contributed by atoms with Crippen LogP contribution in [-0.2, 0) is 13.0 Å². The summed E-state index contributed by atoms with van der Waals surface area (Å²) >= 11 is 1.68. The van der Waals surface area contributed by atoms with Gasteiger partial charge in [0.15, 0.2) is 11.6 Å². The van der Waals surface area contributed by atoms with E-state index in [1.165, 1.54) is 12.1 Å². The van der Waals surface area contributed by atoms with Crippen LogP contribution in [0.2, 0.25) is 0 Å². The summed E-state index contributed by atoms with van der Waals surface area (Å²) in [5, 5.41) is 10.7. The van der Waals surface area contributed by atoms with Gasteiger partial charge in [-0.1, -0.05) is 49.4 Å². The number of thioether (sulfide) groups is 1. The van der Waals surface area contributed by atoms with E-state index in [1.807, 2.05) is 30.3 Å². The molecular formula is C24H23FN2O2S. The highest BCUT2D eigenvalue weighted by atomic mass is 32.2.